The summed E-state index contributed by atoms with van der Waals surface area (Å²) in [6, 6.07) is 10.5. The summed E-state index contributed by atoms with van der Waals surface area (Å²) < 4.78 is 4.07. The Balaban J connectivity index is 1.69. The minimum absolute atomic E-state index is 0.477. The van der Waals surface area contributed by atoms with Gasteiger partial charge in [0.25, 0.3) is 0 Å². The first-order chi connectivity index (χ1) is 12.7. The lowest BCUT2D eigenvalue weighted by Gasteiger charge is -2.08. The number of nitriles is 1. The Morgan fingerprint density at radius 2 is 1.92 bits per heavy atom. The molecule has 0 unspecified atom stereocenters. The maximum absolute atomic E-state index is 9.17. The number of nitrogens with zero attached hydrogens (tertiary/aromatic N) is 6. The molecule has 0 aliphatic heterocycles. The van der Waals surface area contributed by atoms with Crippen LogP contribution in [0.2, 0.25) is 0 Å². The second-order valence-corrected chi connectivity index (χ2v) is 6.72. The number of pyridine rings is 1. The highest BCUT2D eigenvalue weighted by molar-refractivity contribution is 5.83. The predicted octanol–water partition coefficient (Wildman–Crippen LogP) is 3.71. The predicted molar refractivity (Wildman–Crippen MR) is 98.2 cm³/mol. The Kier molecular flexibility index (Phi) is 3.16. The van der Waals surface area contributed by atoms with Crippen molar-refractivity contribution in [3.8, 4) is 28.6 Å². The number of rotatable bonds is 3. The molecule has 3 heterocycles. The molecule has 1 aromatic carbocycles. The highest BCUT2D eigenvalue weighted by Gasteiger charge is 2.29. The van der Waals surface area contributed by atoms with E-state index in [1.807, 2.05) is 50.0 Å². The molecule has 1 fully saturated rings. The zero-order chi connectivity index (χ0) is 17.7. The lowest BCUT2D eigenvalue weighted by molar-refractivity contribution is 0.768. The van der Waals surface area contributed by atoms with Gasteiger partial charge in [0.15, 0.2) is 0 Å². The third-order valence-corrected chi connectivity index (χ3v) is 4.77. The molecule has 0 spiro atoms. The number of aromatic nitrogens is 5. The number of hydrogen-bond acceptors (Lipinski definition) is 4. The Morgan fingerprint density at radius 3 is 2.65 bits per heavy atom. The zero-order valence-corrected chi connectivity index (χ0v) is 14.3. The zero-order valence-electron chi connectivity index (χ0n) is 14.3. The van der Waals surface area contributed by atoms with Crippen molar-refractivity contribution >= 4 is 11.0 Å². The quantitative estimate of drug-likeness (QED) is 0.570. The van der Waals surface area contributed by atoms with Gasteiger partial charge in [-0.3, -0.25) is 9.67 Å². The van der Waals surface area contributed by atoms with E-state index in [2.05, 4.69) is 26.8 Å². The second-order valence-electron chi connectivity index (χ2n) is 6.72. The van der Waals surface area contributed by atoms with E-state index < -0.39 is 0 Å². The van der Waals surface area contributed by atoms with Crippen LogP contribution in [0.5, 0.6) is 0 Å². The van der Waals surface area contributed by atoms with Crippen molar-refractivity contribution in [2.45, 2.75) is 18.9 Å². The summed E-state index contributed by atoms with van der Waals surface area (Å²) in [5.41, 5.74) is 5.59. The van der Waals surface area contributed by atoms with Crippen LogP contribution in [0, 0.1) is 11.3 Å². The molecule has 6 nitrogen and oxygen atoms in total. The summed E-state index contributed by atoms with van der Waals surface area (Å²) >= 11 is 0. The Bertz CT molecular complexity index is 1170. The van der Waals surface area contributed by atoms with Gasteiger partial charge in [-0.05, 0) is 37.1 Å². The van der Waals surface area contributed by atoms with E-state index in [0.29, 0.717) is 11.6 Å². The van der Waals surface area contributed by atoms with Gasteiger partial charge in [-0.2, -0.15) is 10.4 Å². The van der Waals surface area contributed by atoms with Crippen LogP contribution in [0.1, 0.15) is 24.4 Å². The summed E-state index contributed by atoms with van der Waals surface area (Å²) in [5.74, 6) is 0.913. The highest BCUT2D eigenvalue weighted by atomic mass is 15.2. The van der Waals surface area contributed by atoms with E-state index in [1.165, 1.54) is 0 Å². The van der Waals surface area contributed by atoms with Crippen molar-refractivity contribution in [2.24, 2.45) is 7.05 Å². The van der Waals surface area contributed by atoms with Crippen LogP contribution in [0.15, 0.2) is 49.1 Å². The highest BCUT2D eigenvalue weighted by Crippen LogP contribution is 2.41. The van der Waals surface area contributed by atoms with Crippen LogP contribution in [0.4, 0.5) is 0 Å². The van der Waals surface area contributed by atoms with Crippen molar-refractivity contribution in [3.63, 3.8) is 0 Å². The Labute approximate surface area is 150 Å². The van der Waals surface area contributed by atoms with Crippen LogP contribution in [0.25, 0.3) is 33.5 Å². The molecule has 0 saturated heterocycles. The Hall–Kier alpha value is -3.46. The van der Waals surface area contributed by atoms with Gasteiger partial charge in [0, 0.05) is 48.4 Å². The minimum Gasteiger partial charge on any atom is -0.321 e. The van der Waals surface area contributed by atoms with E-state index in [9.17, 15) is 5.26 Å². The molecule has 0 amide bonds. The maximum Gasteiger partial charge on any atom is 0.142 e. The van der Waals surface area contributed by atoms with E-state index in [0.717, 1.165) is 46.4 Å². The van der Waals surface area contributed by atoms with E-state index in [-0.39, 0.29) is 0 Å². The second kappa shape index (κ2) is 5.53. The fourth-order valence-electron chi connectivity index (χ4n) is 3.36. The summed E-state index contributed by atoms with van der Waals surface area (Å²) in [6.07, 6.45) is 9.83. The molecule has 1 aliphatic carbocycles. The minimum atomic E-state index is 0.477. The van der Waals surface area contributed by atoms with Crippen molar-refractivity contribution in [2.75, 3.05) is 0 Å². The lowest BCUT2D eigenvalue weighted by Crippen LogP contribution is -1.98. The Morgan fingerprint density at radius 1 is 1.08 bits per heavy atom. The topological polar surface area (TPSA) is 72.3 Å². The fraction of sp³-hybridized carbons (Fsp3) is 0.200. The number of hydrogen-bond donors (Lipinski definition) is 0. The van der Waals surface area contributed by atoms with Gasteiger partial charge < -0.3 is 4.57 Å². The first-order valence-corrected chi connectivity index (χ1v) is 8.59. The van der Waals surface area contributed by atoms with Crippen molar-refractivity contribution < 1.29 is 0 Å². The van der Waals surface area contributed by atoms with Gasteiger partial charge >= 0.3 is 0 Å². The lowest BCUT2D eigenvalue weighted by atomic mass is 10.1. The molecular formula is C20H16N6. The molecule has 1 aliphatic rings. The first-order valence-electron chi connectivity index (χ1n) is 8.59. The monoisotopic (exact) mass is 340 g/mol. The van der Waals surface area contributed by atoms with Crippen molar-refractivity contribution in [1.29, 1.82) is 5.26 Å². The normalized spacial score (nSPS) is 13.8. The molecule has 0 radical (unpaired) electrons. The number of benzene rings is 1. The third-order valence-electron chi connectivity index (χ3n) is 4.77. The van der Waals surface area contributed by atoms with E-state index in [4.69, 9.17) is 4.98 Å². The van der Waals surface area contributed by atoms with Crippen LogP contribution < -0.4 is 0 Å². The van der Waals surface area contributed by atoms with Crippen LogP contribution in [-0.2, 0) is 7.05 Å². The standard InChI is InChI=1S/C20H16N6/c1-25-12-16(11-23-25)14-7-15(10-22-9-14)20-24-18-6-13(8-21)2-5-19(18)26(20)17-3-4-17/h2,5-7,9-12,17H,3-4H2,1H3. The summed E-state index contributed by atoms with van der Waals surface area (Å²) in [7, 11) is 1.90. The average Bonchev–Trinajstić information content (AvgIpc) is 3.30. The molecule has 4 aromatic rings. The van der Waals surface area contributed by atoms with Gasteiger partial charge in [0.1, 0.15) is 5.82 Å². The first kappa shape index (κ1) is 14.8. The number of imidazole rings is 1. The summed E-state index contributed by atoms with van der Waals surface area (Å²) in [6.45, 7) is 0. The molecule has 0 atom stereocenters. The van der Waals surface area contributed by atoms with Gasteiger partial charge in [-0.15, -0.1) is 0 Å². The summed E-state index contributed by atoms with van der Waals surface area (Å²) in [4.78, 5) is 9.27. The smallest absolute Gasteiger partial charge is 0.142 e. The van der Waals surface area contributed by atoms with Crippen LogP contribution >= 0.6 is 0 Å². The largest absolute Gasteiger partial charge is 0.321 e. The summed E-state index contributed by atoms with van der Waals surface area (Å²) in [5, 5.41) is 13.4. The van der Waals surface area contributed by atoms with Gasteiger partial charge in [-0.25, -0.2) is 4.98 Å². The number of fused-ring (bicyclic) bond motifs is 1. The molecular weight excluding hydrogens is 324 g/mol. The fourth-order valence-corrected chi connectivity index (χ4v) is 3.36. The van der Waals surface area contributed by atoms with Crippen molar-refractivity contribution in [3.05, 3.63) is 54.6 Å². The van der Waals surface area contributed by atoms with Gasteiger partial charge in [0.2, 0.25) is 0 Å². The van der Waals surface area contributed by atoms with E-state index in [1.54, 1.807) is 4.68 Å². The third kappa shape index (κ3) is 2.37. The maximum atomic E-state index is 9.17. The number of aryl methyl sites for hydroxylation is 1. The molecule has 0 bridgehead atoms. The van der Waals surface area contributed by atoms with Gasteiger partial charge in [-0.1, -0.05) is 0 Å². The molecule has 6 heteroatoms. The molecule has 0 N–H and O–H groups in total. The molecule has 3 aromatic heterocycles. The molecule has 26 heavy (non-hydrogen) atoms. The average molecular weight is 340 g/mol. The molecule has 1 saturated carbocycles. The van der Waals surface area contributed by atoms with Gasteiger partial charge in [0.05, 0.1) is 28.9 Å². The molecule has 126 valence electrons. The van der Waals surface area contributed by atoms with Crippen LogP contribution in [0.3, 0.4) is 0 Å². The van der Waals surface area contributed by atoms with E-state index >= 15 is 0 Å². The van der Waals surface area contributed by atoms with Crippen LogP contribution in [-0.4, -0.2) is 24.3 Å². The SMILES string of the molecule is Cn1cc(-c2cncc(-c3nc4cc(C#N)ccc4n3C3CC3)c2)cn1. The molecule has 5 rings (SSSR count). The van der Waals surface area contributed by atoms with Crippen molar-refractivity contribution in [1.82, 2.24) is 24.3 Å².